The summed E-state index contributed by atoms with van der Waals surface area (Å²) in [6.45, 7) is 6.17. The van der Waals surface area contributed by atoms with Crippen LogP contribution < -0.4 is 10.6 Å². The molecule has 23 heavy (non-hydrogen) atoms. The van der Waals surface area contributed by atoms with Crippen molar-refractivity contribution < 1.29 is 19.8 Å². The molecule has 0 radical (unpaired) electrons. The first-order valence-corrected chi connectivity index (χ1v) is 8.68. The molecular weight excluding hydrogens is 296 g/mol. The van der Waals surface area contributed by atoms with Crippen LogP contribution in [0.25, 0.3) is 0 Å². The van der Waals surface area contributed by atoms with Gasteiger partial charge < -0.3 is 20.8 Å². The number of hydrogen-bond acceptors (Lipinski definition) is 4. The van der Waals surface area contributed by atoms with Crippen molar-refractivity contribution in [1.82, 2.24) is 10.6 Å². The van der Waals surface area contributed by atoms with Crippen molar-refractivity contribution in [2.24, 2.45) is 5.41 Å². The van der Waals surface area contributed by atoms with E-state index in [0.29, 0.717) is 25.9 Å². The molecule has 0 saturated carbocycles. The minimum Gasteiger partial charge on any atom is -0.396 e. The van der Waals surface area contributed by atoms with Crippen LogP contribution in [0.5, 0.6) is 0 Å². The first-order valence-electron chi connectivity index (χ1n) is 8.68. The van der Waals surface area contributed by atoms with E-state index in [-0.39, 0.29) is 12.5 Å². The number of rotatable bonds is 13. The molecule has 6 nitrogen and oxygen atoms in total. The number of carbonyl (C=O) groups is 2. The van der Waals surface area contributed by atoms with Crippen molar-refractivity contribution >= 4 is 11.8 Å². The Morgan fingerprint density at radius 3 is 2.22 bits per heavy atom. The lowest BCUT2D eigenvalue weighted by atomic mass is 9.87. The Morgan fingerprint density at radius 2 is 1.61 bits per heavy atom. The molecule has 4 N–H and O–H groups in total. The van der Waals surface area contributed by atoms with E-state index in [1.807, 2.05) is 0 Å². The summed E-state index contributed by atoms with van der Waals surface area (Å²) in [5.41, 5.74) is -0.876. The van der Waals surface area contributed by atoms with Crippen molar-refractivity contribution in [2.75, 3.05) is 19.7 Å². The second-order valence-corrected chi connectivity index (χ2v) is 6.71. The summed E-state index contributed by atoms with van der Waals surface area (Å²) in [6, 6.07) is 0. The van der Waals surface area contributed by atoms with Gasteiger partial charge in [-0.1, -0.05) is 46.5 Å². The van der Waals surface area contributed by atoms with Crippen LogP contribution in [0.3, 0.4) is 0 Å². The summed E-state index contributed by atoms with van der Waals surface area (Å²) in [7, 11) is 0. The molecule has 0 aromatic rings. The molecule has 0 aliphatic heterocycles. The van der Waals surface area contributed by atoms with Gasteiger partial charge in [-0.15, -0.1) is 0 Å². The van der Waals surface area contributed by atoms with Gasteiger partial charge in [0.2, 0.25) is 11.8 Å². The van der Waals surface area contributed by atoms with E-state index in [2.05, 4.69) is 17.6 Å². The fourth-order valence-corrected chi connectivity index (χ4v) is 2.04. The highest BCUT2D eigenvalue weighted by atomic mass is 16.3. The maximum absolute atomic E-state index is 11.7. The van der Waals surface area contributed by atoms with Gasteiger partial charge in [-0.25, -0.2) is 0 Å². The van der Waals surface area contributed by atoms with Crippen LogP contribution in [0.4, 0.5) is 0 Å². The second-order valence-electron chi connectivity index (χ2n) is 6.71. The zero-order valence-electron chi connectivity index (χ0n) is 14.9. The summed E-state index contributed by atoms with van der Waals surface area (Å²) in [5.74, 6) is -0.522. The molecule has 0 aliphatic carbocycles. The van der Waals surface area contributed by atoms with E-state index in [1.54, 1.807) is 13.8 Å². The van der Waals surface area contributed by atoms with E-state index in [1.165, 1.54) is 19.3 Å². The third kappa shape index (κ3) is 10.3. The number of aliphatic hydroxyl groups excluding tert-OH is 2. The van der Waals surface area contributed by atoms with Crippen molar-refractivity contribution in [3.63, 3.8) is 0 Å². The van der Waals surface area contributed by atoms with Crippen LogP contribution in [0.2, 0.25) is 0 Å². The molecule has 136 valence electrons. The van der Waals surface area contributed by atoms with E-state index < -0.39 is 17.4 Å². The Hall–Kier alpha value is -1.14. The van der Waals surface area contributed by atoms with Crippen LogP contribution in [-0.2, 0) is 9.59 Å². The summed E-state index contributed by atoms with van der Waals surface area (Å²) in [6.07, 6.45) is 5.44. The molecule has 0 spiro atoms. The highest BCUT2D eigenvalue weighted by Gasteiger charge is 2.32. The van der Waals surface area contributed by atoms with Gasteiger partial charge in [-0.3, -0.25) is 9.59 Å². The summed E-state index contributed by atoms with van der Waals surface area (Å²) in [5, 5.41) is 24.4. The average Bonchev–Trinajstić information content (AvgIpc) is 2.53. The molecule has 2 amide bonds. The van der Waals surface area contributed by atoms with Crippen molar-refractivity contribution in [2.45, 2.75) is 71.8 Å². The number of unbranched alkanes of at least 4 members (excludes halogenated alkanes) is 4. The third-order valence-corrected chi connectivity index (χ3v) is 3.88. The smallest absolute Gasteiger partial charge is 0.249 e. The molecule has 0 aromatic carbocycles. The molecule has 6 heteroatoms. The standard InChI is InChI=1S/C17H34N2O4/c1-4-5-6-7-8-11-18-14(21)10-9-12-19-16(23)15(22)17(2,3)13-20/h15,20,22H,4-13H2,1-3H3,(H,18,21)(H,19,23)/t15-/m0/s1. The fourth-order valence-electron chi connectivity index (χ4n) is 2.04. The molecule has 0 saturated heterocycles. The van der Waals surface area contributed by atoms with Gasteiger partial charge in [0.15, 0.2) is 0 Å². The molecule has 0 rings (SSSR count). The van der Waals surface area contributed by atoms with E-state index >= 15 is 0 Å². The monoisotopic (exact) mass is 330 g/mol. The predicted molar refractivity (Wildman–Crippen MR) is 90.9 cm³/mol. The number of aliphatic hydroxyl groups is 2. The zero-order valence-corrected chi connectivity index (χ0v) is 14.9. The number of carbonyl (C=O) groups excluding carboxylic acids is 2. The molecule has 0 bridgehead atoms. The Bertz CT molecular complexity index is 345. The van der Waals surface area contributed by atoms with E-state index in [4.69, 9.17) is 5.11 Å². The SMILES string of the molecule is CCCCCCCNC(=O)CCCNC(=O)[C@H](O)C(C)(C)CO. The minimum absolute atomic E-state index is 0.00835. The van der Waals surface area contributed by atoms with Gasteiger partial charge in [0.05, 0.1) is 6.61 Å². The quantitative estimate of drug-likeness (QED) is 0.383. The Labute approximate surface area is 140 Å². The van der Waals surface area contributed by atoms with E-state index in [0.717, 1.165) is 12.8 Å². The lowest BCUT2D eigenvalue weighted by Crippen LogP contribution is -2.45. The molecule has 0 unspecified atom stereocenters. The lowest BCUT2D eigenvalue weighted by molar-refractivity contribution is -0.137. The first-order chi connectivity index (χ1) is 10.8. The predicted octanol–water partition coefficient (Wildman–Crippen LogP) is 1.35. The van der Waals surface area contributed by atoms with Gasteiger partial charge in [0.1, 0.15) is 6.10 Å². The number of amides is 2. The summed E-state index contributed by atoms with van der Waals surface area (Å²) < 4.78 is 0. The molecule has 0 fully saturated rings. The molecule has 1 atom stereocenters. The molecule has 0 aliphatic rings. The number of hydrogen-bond donors (Lipinski definition) is 4. The van der Waals surface area contributed by atoms with Gasteiger partial charge >= 0.3 is 0 Å². The fraction of sp³-hybridized carbons (Fsp3) is 0.882. The van der Waals surface area contributed by atoms with Crippen LogP contribution in [-0.4, -0.2) is 47.8 Å². The topological polar surface area (TPSA) is 98.7 Å². The molecular formula is C17H34N2O4. The minimum atomic E-state index is -1.26. The van der Waals surface area contributed by atoms with Crippen molar-refractivity contribution in [3.8, 4) is 0 Å². The second kappa shape index (κ2) is 12.3. The van der Waals surface area contributed by atoms with Gasteiger partial charge in [-0.2, -0.15) is 0 Å². The third-order valence-electron chi connectivity index (χ3n) is 3.88. The summed E-state index contributed by atoms with van der Waals surface area (Å²) in [4.78, 5) is 23.3. The Kier molecular flexibility index (Phi) is 11.7. The van der Waals surface area contributed by atoms with Crippen LogP contribution in [0, 0.1) is 5.41 Å². The van der Waals surface area contributed by atoms with Crippen molar-refractivity contribution in [3.05, 3.63) is 0 Å². The largest absolute Gasteiger partial charge is 0.396 e. The van der Waals surface area contributed by atoms with Gasteiger partial charge in [0, 0.05) is 24.9 Å². The first kappa shape index (κ1) is 21.9. The van der Waals surface area contributed by atoms with E-state index in [9.17, 15) is 14.7 Å². The lowest BCUT2D eigenvalue weighted by Gasteiger charge is -2.27. The number of nitrogens with one attached hydrogen (secondary N) is 2. The van der Waals surface area contributed by atoms with Crippen LogP contribution >= 0.6 is 0 Å². The highest BCUT2D eigenvalue weighted by molar-refractivity contribution is 5.81. The summed E-state index contributed by atoms with van der Waals surface area (Å²) >= 11 is 0. The molecule has 0 heterocycles. The maximum atomic E-state index is 11.7. The molecule has 0 aromatic heterocycles. The maximum Gasteiger partial charge on any atom is 0.249 e. The zero-order chi connectivity index (χ0) is 17.7. The normalized spacial score (nSPS) is 12.7. The highest BCUT2D eigenvalue weighted by Crippen LogP contribution is 2.19. The average molecular weight is 330 g/mol. The van der Waals surface area contributed by atoms with Crippen LogP contribution in [0.1, 0.15) is 65.7 Å². The van der Waals surface area contributed by atoms with Gasteiger partial charge in [-0.05, 0) is 12.8 Å². The van der Waals surface area contributed by atoms with Crippen LogP contribution in [0.15, 0.2) is 0 Å². The Morgan fingerprint density at radius 1 is 1.00 bits per heavy atom. The van der Waals surface area contributed by atoms with Crippen molar-refractivity contribution in [1.29, 1.82) is 0 Å². The Balaban J connectivity index is 3.67. The van der Waals surface area contributed by atoms with Gasteiger partial charge in [0.25, 0.3) is 0 Å².